The van der Waals surface area contributed by atoms with Crippen molar-refractivity contribution in [2.45, 2.75) is 32.0 Å². The van der Waals surface area contributed by atoms with Gasteiger partial charge in [0.1, 0.15) is 0 Å². The summed E-state index contributed by atoms with van der Waals surface area (Å²) in [5.41, 5.74) is 5.46. The van der Waals surface area contributed by atoms with Crippen molar-refractivity contribution in [3.8, 4) is 0 Å². The van der Waals surface area contributed by atoms with E-state index in [2.05, 4.69) is 57.2 Å². The molecule has 2 saturated heterocycles. The second kappa shape index (κ2) is 7.39. The Morgan fingerprint density at radius 1 is 0.812 bits per heavy atom. The number of hydrogen-bond donors (Lipinski definition) is 0. The molecule has 0 bridgehead atoms. The minimum atomic E-state index is -0.371. The third-order valence-corrected chi connectivity index (χ3v) is 7.87. The van der Waals surface area contributed by atoms with Crippen LogP contribution in [0.1, 0.15) is 28.3 Å². The van der Waals surface area contributed by atoms with E-state index in [1.54, 1.807) is 0 Å². The molecule has 2 fully saturated rings. The van der Waals surface area contributed by atoms with Crippen LogP contribution in [0, 0.1) is 18.8 Å². The maximum Gasteiger partial charge on any atom is 0.239 e. The van der Waals surface area contributed by atoms with E-state index in [9.17, 15) is 9.59 Å². The molecule has 32 heavy (non-hydrogen) atoms. The molecule has 4 nitrogen and oxygen atoms in total. The van der Waals surface area contributed by atoms with Gasteiger partial charge >= 0.3 is 0 Å². The van der Waals surface area contributed by atoms with E-state index >= 15 is 0 Å². The van der Waals surface area contributed by atoms with Crippen molar-refractivity contribution in [3.63, 3.8) is 0 Å². The molecule has 0 aromatic heterocycles. The van der Waals surface area contributed by atoms with E-state index in [4.69, 9.17) is 0 Å². The number of hydrogen-bond acceptors (Lipinski definition) is 3. The van der Waals surface area contributed by atoms with Gasteiger partial charge in [0.05, 0.1) is 17.5 Å². The van der Waals surface area contributed by atoms with Gasteiger partial charge in [0, 0.05) is 23.1 Å². The van der Waals surface area contributed by atoms with Crippen LogP contribution in [0.4, 0.5) is 5.69 Å². The number of nitrogens with zero attached hydrogens (tertiary/aromatic N) is 2. The van der Waals surface area contributed by atoms with Crippen LogP contribution in [-0.2, 0) is 22.6 Å². The van der Waals surface area contributed by atoms with Crippen molar-refractivity contribution in [2.75, 3.05) is 4.90 Å². The molecule has 3 aromatic carbocycles. The highest BCUT2D eigenvalue weighted by molar-refractivity contribution is 9.10. The molecule has 6 rings (SSSR count). The number of carbonyl (C=O) groups is 2. The summed E-state index contributed by atoms with van der Waals surface area (Å²) in [7, 11) is 0. The lowest BCUT2D eigenvalue weighted by atomic mass is 9.84. The molecule has 0 saturated carbocycles. The lowest BCUT2D eigenvalue weighted by molar-refractivity contribution is -0.124. The molecule has 4 atom stereocenters. The molecule has 0 spiro atoms. The molecule has 5 heteroatoms. The molecule has 0 unspecified atom stereocenters. The number of benzene rings is 3. The van der Waals surface area contributed by atoms with E-state index in [0.717, 1.165) is 28.6 Å². The zero-order chi connectivity index (χ0) is 22.0. The minimum Gasteiger partial charge on any atom is -0.287 e. The first kappa shape index (κ1) is 19.9. The van der Waals surface area contributed by atoms with Crippen LogP contribution in [0.3, 0.4) is 0 Å². The van der Waals surface area contributed by atoms with Gasteiger partial charge in [-0.1, -0.05) is 70.0 Å². The lowest BCUT2D eigenvalue weighted by Crippen LogP contribution is -2.44. The third kappa shape index (κ3) is 2.91. The van der Waals surface area contributed by atoms with Gasteiger partial charge in [0.2, 0.25) is 11.8 Å². The first-order chi connectivity index (χ1) is 15.5. The Bertz CT molecular complexity index is 1220. The van der Waals surface area contributed by atoms with Crippen molar-refractivity contribution < 1.29 is 9.59 Å². The number of imide groups is 1. The fourth-order valence-electron chi connectivity index (χ4n) is 5.87. The monoisotopic (exact) mass is 486 g/mol. The number of fused-ring (bicyclic) bond motifs is 4. The topological polar surface area (TPSA) is 40.6 Å². The number of amides is 2. The third-order valence-electron chi connectivity index (χ3n) is 7.34. The highest BCUT2D eigenvalue weighted by atomic mass is 79.9. The van der Waals surface area contributed by atoms with Crippen LogP contribution < -0.4 is 4.90 Å². The lowest BCUT2D eigenvalue weighted by Gasteiger charge is -2.38. The van der Waals surface area contributed by atoms with Gasteiger partial charge in [-0.3, -0.25) is 14.5 Å². The molecular formula is C27H23BrN2O2. The summed E-state index contributed by atoms with van der Waals surface area (Å²) in [6, 6.07) is 24.3. The number of aryl methyl sites for hydroxylation is 1. The Morgan fingerprint density at radius 2 is 1.47 bits per heavy atom. The number of anilines is 1. The zero-order valence-corrected chi connectivity index (χ0v) is 19.3. The van der Waals surface area contributed by atoms with Crippen LogP contribution in [0.15, 0.2) is 77.3 Å². The second-order valence-electron chi connectivity index (χ2n) is 9.11. The number of rotatable bonds is 2. The van der Waals surface area contributed by atoms with Crippen molar-refractivity contribution in [1.29, 1.82) is 0 Å². The molecule has 3 heterocycles. The van der Waals surface area contributed by atoms with Crippen LogP contribution in [0.2, 0.25) is 0 Å². The summed E-state index contributed by atoms with van der Waals surface area (Å²) in [5.74, 6) is -0.830. The average Bonchev–Trinajstić information content (AvgIpc) is 3.26. The van der Waals surface area contributed by atoms with E-state index in [-0.39, 0.29) is 35.7 Å². The van der Waals surface area contributed by atoms with E-state index in [1.807, 2.05) is 43.3 Å². The molecule has 0 N–H and O–H groups in total. The van der Waals surface area contributed by atoms with E-state index in [1.165, 1.54) is 16.0 Å². The van der Waals surface area contributed by atoms with Crippen LogP contribution in [0.25, 0.3) is 0 Å². The summed E-state index contributed by atoms with van der Waals surface area (Å²) in [6.45, 7) is 2.77. The summed E-state index contributed by atoms with van der Waals surface area (Å²) in [6.07, 6.45) is 0.797. The van der Waals surface area contributed by atoms with Crippen molar-refractivity contribution in [1.82, 2.24) is 4.90 Å². The van der Waals surface area contributed by atoms with Gasteiger partial charge in [0.15, 0.2) is 0 Å². The smallest absolute Gasteiger partial charge is 0.239 e. The predicted molar refractivity (Wildman–Crippen MR) is 127 cm³/mol. The maximum atomic E-state index is 13.8. The molecule has 2 amide bonds. The molecule has 3 aliphatic rings. The summed E-state index contributed by atoms with van der Waals surface area (Å²) < 4.78 is 1.01. The summed E-state index contributed by atoms with van der Waals surface area (Å²) >= 11 is 3.53. The van der Waals surface area contributed by atoms with Gasteiger partial charge < -0.3 is 0 Å². The van der Waals surface area contributed by atoms with Crippen molar-refractivity contribution in [2.24, 2.45) is 11.8 Å². The Labute approximate surface area is 196 Å². The summed E-state index contributed by atoms with van der Waals surface area (Å²) in [4.78, 5) is 31.4. The van der Waals surface area contributed by atoms with Gasteiger partial charge in [-0.05, 0) is 54.3 Å². The molecule has 3 aliphatic heterocycles. The van der Waals surface area contributed by atoms with E-state index < -0.39 is 0 Å². The molecule has 0 aliphatic carbocycles. The first-order valence-electron chi connectivity index (χ1n) is 11.1. The average molecular weight is 487 g/mol. The van der Waals surface area contributed by atoms with Crippen molar-refractivity contribution >= 4 is 33.4 Å². The second-order valence-corrected chi connectivity index (χ2v) is 10.0. The molecule has 0 radical (unpaired) electrons. The predicted octanol–water partition coefficient (Wildman–Crippen LogP) is 5.04. The fraction of sp³-hybridized carbons (Fsp3) is 0.259. The quantitative estimate of drug-likeness (QED) is 0.476. The van der Waals surface area contributed by atoms with Crippen LogP contribution in [0.5, 0.6) is 0 Å². The summed E-state index contributed by atoms with van der Waals surface area (Å²) in [5, 5.41) is 0. The number of carbonyl (C=O) groups excluding carboxylic acids is 2. The number of halogens is 1. The standard InChI is InChI=1S/C27H23BrN2O2/c1-16-6-12-21(13-7-16)30-26(31)23-22-14-18-4-2-3-5-19(18)15-29(22)25(24(23)27(30)32)17-8-10-20(28)11-9-17/h2-13,22-25H,14-15H2,1H3/t22-,23-,24+,25+/m0/s1. The Hall–Kier alpha value is -2.76. The Morgan fingerprint density at radius 3 is 2.19 bits per heavy atom. The Kier molecular flexibility index (Phi) is 4.60. The van der Waals surface area contributed by atoms with Crippen LogP contribution >= 0.6 is 15.9 Å². The fourth-order valence-corrected chi connectivity index (χ4v) is 6.13. The highest BCUT2D eigenvalue weighted by Crippen LogP contribution is 2.53. The molecule has 160 valence electrons. The maximum absolute atomic E-state index is 13.8. The molecular weight excluding hydrogens is 464 g/mol. The van der Waals surface area contributed by atoms with Crippen molar-refractivity contribution in [3.05, 3.63) is 99.5 Å². The highest BCUT2D eigenvalue weighted by Gasteiger charge is 2.63. The minimum absolute atomic E-state index is 0.0236. The van der Waals surface area contributed by atoms with Gasteiger partial charge in [-0.2, -0.15) is 0 Å². The Balaban J connectivity index is 1.47. The SMILES string of the molecule is Cc1ccc(N2C(=O)[C@@H]3[C@@H](C2=O)[C@@H]2Cc4ccccc4CN2[C@@H]3c2ccc(Br)cc2)cc1. The van der Waals surface area contributed by atoms with Gasteiger partial charge in [-0.25, -0.2) is 4.90 Å². The normalized spacial score (nSPS) is 26.8. The first-order valence-corrected chi connectivity index (χ1v) is 11.8. The van der Waals surface area contributed by atoms with E-state index in [0.29, 0.717) is 5.69 Å². The zero-order valence-electron chi connectivity index (χ0n) is 17.7. The largest absolute Gasteiger partial charge is 0.287 e. The van der Waals surface area contributed by atoms with Gasteiger partial charge in [-0.15, -0.1) is 0 Å². The molecule has 3 aromatic rings. The van der Waals surface area contributed by atoms with Gasteiger partial charge in [0.25, 0.3) is 0 Å². The van der Waals surface area contributed by atoms with Crippen LogP contribution in [-0.4, -0.2) is 22.8 Å².